The third-order valence-corrected chi connectivity index (χ3v) is 2.85. The van der Waals surface area contributed by atoms with Crippen LogP contribution < -0.4 is 16.0 Å². The minimum Gasteiger partial charge on any atom is -0.375 e. The third-order valence-electron chi connectivity index (χ3n) is 2.85. The van der Waals surface area contributed by atoms with Crippen LogP contribution in [0.3, 0.4) is 0 Å². The topological polar surface area (TPSA) is 79.5 Å². The average Bonchev–Trinajstić information content (AvgIpc) is 2.27. The summed E-state index contributed by atoms with van der Waals surface area (Å²) in [6.45, 7) is 10.5. The largest absolute Gasteiger partial charge is 0.375 e. The van der Waals surface area contributed by atoms with Crippen LogP contribution in [0.2, 0.25) is 0 Å². The summed E-state index contributed by atoms with van der Waals surface area (Å²) in [6, 6.07) is -0.971. The molecule has 20 heavy (non-hydrogen) atoms. The maximum Gasteiger partial charge on any atom is 0.242 e. The van der Waals surface area contributed by atoms with Gasteiger partial charge in [0, 0.05) is 12.1 Å². The highest BCUT2D eigenvalue weighted by Crippen LogP contribution is 2.05. The van der Waals surface area contributed by atoms with E-state index in [1.54, 1.807) is 6.92 Å². The number of nitrogens with one attached hydrogen (secondary N) is 3. The van der Waals surface area contributed by atoms with E-state index in [4.69, 9.17) is 4.74 Å². The second kappa shape index (κ2) is 7.81. The normalized spacial score (nSPS) is 24.2. The van der Waals surface area contributed by atoms with Gasteiger partial charge in [0.1, 0.15) is 12.1 Å². The highest BCUT2D eigenvalue weighted by molar-refractivity contribution is 5.90. The Labute approximate surface area is 126 Å². The molecule has 0 spiro atoms. The van der Waals surface area contributed by atoms with Crippen molar-refractivity contribution < 1.29 is 14.3 Å². The van der Waals surface area contributed by atoms with Crippen LogP contribution in [0.1, 0.15) is 34.6 Å². The van der Waals surface area contributed by atoms with E-state index in [0.29, 0.717) is 13.2 Å². The molecule has 118 valence electrons. The van der Waals surface area contributed by atoms with E-state index >= 15 is 0 Å². The molecule has 1 aliphatic rings. The molecule has 1 saturated heterocycles. The Morgan fingerprint density at radius 1 is 1.35 bits per heavy atom. The van der Waals surface area contributed by atoms with Gasteiger partial charge >= 0.3 is 0 Å². The molecule has 0 aromatic carbocycles. The van der Waals surface area contributed by atoms with E-state index in [9.17, 15) is 9.59 Å². The number of carbonyl (C=O) groups is 2. The zero-order valence-electron chi connectivity index (χ0n) is 12.8. The lowest BCUT2D eigenvalue weighted by Crippen LogP contribution is -2.59. The van der Waals surface area contributed by atoms with Crippen LogP contribution in [0.25, 0.3) is 0 Å². The van der Waals surface area contributed by atoms with Gasteiger partial charge in [0.2, 0.25) is 11.8 Å². The molecule has 0 saturated carbocycles. The molecule has 0 bridgehead atoms. The molecule has 1 heterocycles. The van der Waals surface area contributed by atoms with Crippen molar-refractivity contribution in [1.82, 2.24) is 16.0 Å². The molecule has 1 aliphatic heterocycles. The van der Waals surface area contributed by atoms with Crippen molar-refractivity contribution in [2.75, 3.05) is 13.2 Å². The number of hydrogen-bond acceptors (Lipinski definition) is 4. The van der Waals surface area contributed by atoms with Crippen LogP contribution in [0.15, 0.2) is 0 Å². The summed E-state index contributed by atoms with van der Waals surface area (Å²) in [5, 5.41) is 8.63. The Morgan fingerprint density at radius 2 is 1.95 bits per heavy atom. The number of carbonyl (C=O) groups excluding carboxylic acids is 2. The lowest BCUT2D eigenvalue weighted by atomic mass is 10.1. The predicted octanol–water partition coefficient (Wildman–Crippen LogP) is 0.205. The molecule has 6 nitrogen and oxygen atoms in total. The van der Waals surface area contributed by atoms with Gasteiger partial charge in [-0.1, -0.05) is 0 Å². The maximum atomic E-state index is 12.1. The summed E-state index contributed by atoms with van der Waals surface area (Å²) >= 11 is 0. The molecule has 0 aromatic heterocycles. The molecule has 7 heteroatoms. The van der Waals surface area contributed by atoms with Crippen LogP contribution in [0, 0.1) is 0 Å². The molecule has 0 radical (unpaired) electrons. The number of hydrogen-bond donors (Lipinski definition) is 3. The van der Waals surface area contributed by atoms with Gasteiger partial charge in [0.25, 0.3) is 0 Å². The summed E-state index contributed by atoms with van der Waals surface area (Å²) in [7, 11) is 0. The van der Waals surface area contributed by atoms with Crippen molar-refractivity contribution in [2.45, 2.75) is 58.3 Å². The summed E-state index contributed by atoms with van der Waals surface area (Å²) in [4.78, 5) is 23.9. The predicted molar refractivity (Wildman–Crippen MR) is 80.0 cm³/mol. The first kappa shape index (κ1) is 19.1. The zero-order valence-corrected chi connectivity index (χ0v) is 13.6. The first-order valence-electron chi connectivity index (χ1n) is 6.68. The molecule has 3 N–H and O–H groups in total. The summed E-state index contributed by atoms with van der Waals surface area (Å²) in [5.74, 6) is -0.394. The number of rotatable bonds is 3. The summed E-state index contributed by atoms with van der Waals surface area (Å²) < 4.78 is 5.41. The van der Waals surface area contributed by atoms with Crippen molar-refractivity contribution in [3.05, 3.63) is 0 Å². The van der Waals surface area contributed by atoms with E-state index in [-0.39, 0.29) is 35.9 Å². The second-order valence-corrected chi connectivity index (χ2v) is 5.98. The minimum atomic E-state index is -0.567. The molecule has 0 aliphatic carbocycles. The Kier molecular flexibility index (Phi) is 7.47. The molecule has 2 amide bonds. The molecule has 3 atom stereocenters. The van der Waals surface area contributed by atoms with Crippen LogP contribution in [-0.4, -0.2) is 48.7 Å². The van der Waals surface area contributed by atoms with Crippen molar-refractivity contribution in [3.63, 3.8) is 0 Å². The molecular formula is C13H26ClN3O3. The quantitative estimate of drug-likeness (QED) is 0.696. The fraction of sp³-hybridized carbons (Fsp3) is 0.846. The van der Waals surface area contributed by atoms with E-state index in [1.807, 2.05) is 27.7 Å². The SMILES string of the molecule is CC(NC(=O)[C@H]1NCCO[C@@H]1C)C(=O)NC(C)(C)C.Cl. The van der Waals surface area contributed by atoms with E-state index in [2.05, 4.69) is 16.0 Å². The first-order valence-corrected chi connectivity index (χ1v) is 6.68. The fourth-order valence-electron chi connectivity index (χ4n) is 1.87. The van der Waals surface area contributed by atoms with Gasteiger partial charge in [-0.3, -0.25) is 9.59 Å². The second-order valence-electron chi connectivity index (χ2n) is 5.98. The average molecular weight is 308 g/mol. The van der Waals surface area contributed by atoms with Gasteiger partial charge in [0.05, 0.1) is 12.7 Å². The number of amides is 2. The van der Waals surface area contributed by atoms with Crippen LogP contribution in [0.4, 0.5) is 0 Å². The Balaban J connectivity index is 0.00000361. The third kappa shape index (κ3) is 6.07. The molecular weight excluding hydrogens is 282 g/mol. The van der Waals surface area contributed by atoms with Gasteiger partial charge in [-0.2, -0.15) is 0 Å². The lowest BCUT2D eigenvalue weighted by molar-refractivity contribution is -0.133. The summed E-state index contributed by atoms with van der Waals surface area (Å²) in [6.07, 6.45) is -0.188. The van der Waals surface area contributed by atoms with Gasteiger partial charge in [-0.15, -0.1) is 12.4 Å². The van der Waals surface area contributed by atoms with Gasteiger partial charge in [-0.25, -0.2) is 0 Å². The van der Waals surface area contributed by atoms with Crippen molar-refractivity contribution in [1.29, 1.82) is 0 Å². The van der Waals surface area contributed by atoms with Crippen LogP contribution >= 0.6 is 12.4 Å². The van der Waals surface area contributed by atoms with E-state index in [0.717, 1.165) is 0 Å². The summed E-state index contributed by atoms with van der Waals surface area (Å²) in [5.41, 5.74) is -0.310. The molecule has 0 aromatic rings. The number of halogens is 1. The Hall–Kier alpha value is -0.850. The standard InChI is InChI=1S/C13H25N3O3.ClH/c1-8(11(17)16-13(3,4)5)15-12(18)10-9(2)19-7-6-14-10;/h8-10,14H,6-7H2,1-5H3,(H,15,18)(H,16,17);1H/t8?,9-,10+;/m1./s1. The maximum absolute atomic E-state index is 12.1. The highest BCUT2D eigenvalue weighted by atomic mass is 35.5. The molecule has 1 fully saturated rings. The fourth-order valence-corrected chi connectivity index (χ4v) is 1.87. The highest BCUT2D eigenvalue weighted by Gasteiger charge is 2.30. The van der Waals surface area contributed by atoms with Gasteiger partial charge in [0.15, 0.2) is 0 Å². The molecule has 1 unspecified atom stereocenters. The van der Waals surface area contributed by atoms with E-state index < -0.39 is 12.1 Å². The van der Waals surface area contributed by atoms with Crippen molar-refractivity contribution in [2.24, 2.45) is 0 Å². The first-order chi connectivity index (χ1) is 8.70. The Bertz CT molecular complexity index is 344. The number of morpholine rings is 1. The van der Waals surface area contributed by atoms with Crippen LogP contribution in [-0.2, 0) is 14.3 Å². The minimum absolute atomic E-state index is 0. The zero-order chi connectivity index (χ0) is 14.6. The van der Waals surface area contributed by atoms with Crippen molar-refractivity contribution in [3.8, 4) is 0 Å². The van der Waals surface area contributed by atoms with Crippen LogP contribution in [0.5, 0.6) is 0 Å². The number of ether oxygens (including phenoxy) is 1. The lowest BCUT2D eigenvalue weighted by Gasteiger charge is -2.30. The monoisotopic (exact) mass is 307 g/mol. The van der Waals surface area contributed by atoms with Crippen molar-refractivity contribution >= 4 is 24.2 Å². The van der Waals surface area contributed by atoms with E-state index in [1.165, 1.54) is 0 Å². The van der Waals surface area contributed by atoms with Gasteiger partial charge in [-0.05, 0) is 34.6 Å². The Morgan fingerprint density at radius 3 is 2.45 bits per heavy atom. The molecule has 1 rings (SSSR count). The smallest absolute Gasteiger partial charge is 0.242 e. The van der Waals surface area contributed by atoms with Gasteiger partial charge < -0.3 is 20.7 Å².